The molecule has 4 aromatic rings. The van der Waals surface area contributed by atoms with Gasteiger partial charge in [0.2, 0.25) is 5.78 Å². The van der Waals surface area contributed by atoms with Crippen LogP contribution >= 0.6 is 0 Å². The van der Waals surface area contributed by atoms with Gasteiger partial charge >= 0.3 is 5.97 Å². The average molecular weight is 370 g/mol. The molecule has 28 heavy (non-hydrogen) atoms. The van der Waals surface area contributed by atoms with Gasteiger partial charge in [-0.1, -0.05) is 48.5 Å². The molecule has 2 aromatic heterocycles. The maximum absolute atomic E-state index is 12.9. The largest absolute Gasteiger partial charge is 0.454 e. The number of nitrogens with zero attached hydrogens (tertiary/aromatic N) is 1. The number of hydrogen-bond donors (Lipinski definition) is 1. The summed E-state index contributed by atoms with van der Waals surface area (Å²) in [7, 11) is 0. The SMILES string of the molecule is Cc1c(-c2ccccc2)nc2ccccc2c1C(=O)OCC(=O)c1ccc[nH]1. The highest BCUT2D eigenvalue weighted by atomic mass is 16.5. The number of fused-ring (bicyclic) bond motifs is 1. The Morgan fingerprint density at radius 3 is 2.46 bits per heavy atom. The number of para-hydroxylation sites is 1. The minimum Gasteiger partial charge on any atom is -0.454 e. The zero-order chi connectivity index (χ0) is 19.5. The molecule has 4 rings (SSSR count). The van der Waals surface area contributed by atoms with E-state index in [9.17, 15) is 9.59 Å². The van der Waals surface area contributed by atoms with E-state index in [1.807, 2.05) is 61.5 Å². The van der Waals surface area contributed by atoms with Crippen molar-refractivity contribution >= 4 is 22.7 Å². The van der Waals surface area contributed by atoms with Gasteiger partial charge in [0, 0.05) is 17.1 Å². The Balaban J connectivity index is 1.73. The van der Waals surface area contributed by atoms with Gasteiger partial charge < -0.3 is 9.72 Å². The molecule has 0 aliphatic heterocycles. The molecule has 5 nitrogen and oxygen atoms in total. The van der Waals surface area contributed by atoms with Crippen molar-refractivity contribution in [3.8, 4) is 11.3 Å². The Bertz CT molecular complexity index is 1150. The van der Waals surface area contributed by atoms with Crippen molar-refractivity contribution in [3.05, 3.63) is 89.7 Å². The first-order chi connectivity index (χ1) is 13.6. The lowest BCUT2D eigenvalue weighted by molar-refractivity contribution is 0.0475. The van der Waals surface area contributed by atoms with Crippen molar-refractivity contribution < 1.29 is 14.3 Å². The molecule has 5 heteroatoms. The van der Waals surface area contributed by atoms with Crippen LogP contribution in [0.3, 0.4) is 0 Å². The molecule has 0 amide bonds. The summed E-state index contributed by atoms with van der Waals surface area (Å²) in [6, 6.07) is 20.5. The maximum atomic E-state index is 12.9. The normalized spacial score (nSPS) is 10.8. The number of H-pyrrole nitrogens is 1. The van der Waals surface area contributed by atoms with Gasteiger partial charge in [-0.25, -0.2) is 9.78 Å². The molecule has 0 fully saturated rings. The Kier molecular flexibility index (Phi) is 4.72. The van der Waals surface area contributed by atoms with Crippen LogP contribution in [0.4, 0.5) is 0 Å². The summed E-state index contributed by atoms with van der Waals surface area (Å²) in [6.07, 6.45) is 1.65. The maximum Gasteiger partial charge on any atom is 0.339 e. The van der Waals surface area contributed by atoms with Crippen LogP contribution in [-0.2, 0) is 4.74 Å². The molecule has 0 aliphatic rings. The fraction of sp³-hybridized carbons (Fsp3) is 0.0870. The number of carbonyl (C=O) groups is 2. The quantitative estimate of drug-likeness (QED) is 0.412. The van der Waals surface area contributed by atoms with Gasteiger partial charge in [0.15, 0.2) is 6.61 Å². The van der Waals surface area contributed by atoms with E-state index in [2.05, 4.69) is 4.98 Å². The lowest BCUT2D eigenvalue weighted by atomic mass is 9.98. The molecule has 0 radical (unpaired) electrons. The summed E-state index contributed by atoms with van der Waals surface area (Å²) in [5, 5.41) is 0.706. The lowest BCUT2D eigenvalue weighted by Crippen LogP contribution is -2.16. The second-order valence-corrected chi connectivity index (χ2v) is 6.43. The lowest BCUT2D eigenvalue weighted by Gasteiger charge is -2.14. The number of carbonyl (C=O) groups excluding carboxylic acids is 2. The fourth-order valence-electron chi connectivity index (χ4n) is 3.23. The van der Waals surface area contributed by atoms with E-state index in [1.165, 1.54) is 0 Å². The smallest absolute Gasteiger partial charge is 0.339 e. The van der Waals surface area contributed by atoms with E-state index in [-0.39, 0.29) is 12.4 Å². The Labute approximate surface area is 162 Å². The minimum absolute atomic E-state index is 0.280. The van der Waals surface area contributed by atoms with Gasteiger partial charge in [-0.05, 0) is 30.7 Å². The van der Waals surface area contributed by atoms with Crippen LogP contribution in [0.5, 0.6) is 0 Å². The molecule has 0 bridgehead atoms. The first-order valence-electron chi connectivity index (χ1n) is 8.93. The van der Waals surface area contributed by atoms with E-state index < -0.39 is 5.97 Å². The summed E-state index contributed by atoms with van der Waals surface area (Å²) in [5.74, 6) is -0.814. The summed E-state index contributed by atoms with van der Waals surface area (Å²) < 4.78 is 5.36. The number of ketones is 1. The standard InChI is InChI=1S/C23H18N2O3/c1-15-21(23(27)28-14-20(26)19-12-7-13-24-19)17-10-5-6-11-18(17)25-22(15)16-8-3-2-4-9-16/h2-13,24H,14H2,1H3. The predicted octanol–water partition coefficient (Wildman–Crippen LogP) is 4.58. The Hall–Kier alpha value is -3.73. The topological polar surface area (TPSA) is 72.0 Å². The van der Waals surface area contributed by atoms with E-state index in [0.29, 0.717) is 22.2 Å². The molecule has 2 heterocycles. The summed E-state index contributed by atoms with van der Waals surface area (Å²) in [5.41, 5.74) is 3.92. The molecular formula is C23H18N2O3. The number of pyridine rings is 1. The van der Waals surface area contributed by atoms with Crippen molar-refractivity contribution in [2.45, 2.75) is 6.92 Å². The van der Waals surface area contributed by atoms with Crippen molar-refractivity contribution in [2.24, 2.45) is 0 Å². The van der Waals surface area contributed by atoms with Crippen molar-refractivity contribution in [1.29, 1.82) is 0 Å². The third-order valence-electron chi connectivity index (χ3n) is 4.62. The molecule has 0 unspecified atom stereocenters. The van der Waals surface area contributed by atoms with Crippen LogP contribution in [0, 0.1) is 6.92 Å². The third-order valence-corrected chi connectivity index (χ3v) is 4.62. The van der Waals surface area contributed by atoms with Gasteiger partial charge in [0.1, 0.15) is 0 Å². The van der Waals surface area contributed by atoms with E-state index in [0.717, 1.165) is 16.8 Å². The number of benzene rings is 2. The number of Topliss-reactive ketones (excluding diaryl/α,β-unsaturated/α-hetero) is 1. The minimum atomic E-state index is -0.534. The first kappa shape index (κ1) is 17.7. The average Bonchev–Trinajstić information content (AvgIpc) is 3.27. The molecular weight excluding hydrogens is 352 g/mol. The molecule has 0 saturated heterocycles. The van der Waals surface area contributed by atoms with Crippen LogP contribution in [-0.4, -0.2) is 28.3 Å². The van der Waals surface area contributed by atoms with E-state index >= 15 is 0 Å². The zero-order valence-corrected chi connectivity index (χ0v) is 15.3. The fourth-order valence-corrected chi connectivity index (χ4v) is 3.23. The second kappa shape index (κ2) is 7.48. The number of hydrogen-bond acceptors (Lipinski definition) is 4. The molecule has 1 N–H and O–H groups in total. The molecule has 0 spiro atoms. The third kappa shape index (κ3) is 3.30. The van der Waals surface area contributed by atoms with Crippen LogP contribution in [0.25, 0.3) is 22.2 Å². The first-order valence-corrected chi connectivity index (χ1v) is 8.93. The van der Waals surface area contributed by atoms with Crippen LogP contribution in [0.2, 0.25) is 0 Å². The molecule has 138 valence electrons. The zero-order valence-electron chi connectivity index (χ0n) is 15.3. The number of aromatic nitrogens is 2. The number of nitrogens with one attached hydrogen (secondary N) is 1. The van der Waals surface area contributed by atoms with Gasteiger partial charge in [0.25, 0.3) is 0 Å². The highest BCUT2D eigenvalue weighted by molar-refractivity contribution is 6.07. The van der Waals surface area contributed by atoms with Gasteiger partial charge in [0.05, 0.1) is 22.5 Å². The Morgan fingerprint density at radius 2 is 1.71 bits per heavy atom. The number of esters is 1. The summed E-state index contributed by atoms with van der Waals surface area (Å²) in [6.45, 7) is 1.53. The summed E-state index contributed by atoms with van der Waals surface area (Å²) >= 11 is 0. The van der Waals surface area contributed by atoms with Crippen LogP contribution < -0.4 is 0 Å². The highest BCUT2D eigenvalue weighted by Crippen LogP contribution is 2.30. The second-order valence-electron chi connectivity index (χ2n) is 6.43. The molecule has 0 aliphatic carbocycles. The number of aromatic amines is 1. The summed E-state index contributed by atoms with van der Waals surface area (Å²) in [4.78, 5) is 32.6. The highest BCUT2D eigenvalue weighted by Gasteiger charge is 2.21. The van der Waals surface area contributed by atoms with E-state index in [4.69, 9.17) is 9.72 Å². The predicted molar refractivity (Wildman–Crippen MR) is 107 cm³/mol. The van der Waals surface area contributed by atoms with Crippen molar-refractivity contribution in [1.82, 2.24) is 9.97 Å². The molecule has 2 aromatic carbocycles. The van der Waals surface area contributed by atoms with Gasteiger partial charge in [-0.15, -0.1) is 0 Å². The number of ether oxygens (including phenoxy) is 1. The molecule has 0 saturated carbocycles. The van der Waals surface area contributed by atoms with Crippen LogP contribution in [0.1, 0.15) is 26.4 Å². The van der Waals surface area contributed by atoms with Crippen LogP contribution in [0.15, 0.2) is 72.9 Å². The number of rotatable bonds is 5. The van der Waals surface area contributed by atoms with Gasteiger partial charge in [-0.2, -0.15) is 0 Å². The van der Waals surface area contributed by atoms with Gasteiger partial charge in [-0.3, -0.25) is 4.79 Å². The Morgan fingerprint density at radius 1 is 0.964 bits per heavy atom. The van der Waals surface area contributed by atoms with Crippen molar-refractivity contribution in [2.75, 3.05) is 6.61 Å². The van der Waals surface area contributed by atoms with Crippen molar-refractivity contribution in [3.63, 3.8) is 0 Å². The molecule has 0 atom stereocenters. The monoisotopic (exact) mass is 370 g/mol. The van der Waals surface area contributed by atoms with E-state index in [1.54, 1.807) is 18.3 Å².